The molecule has 0 bridgehead atoms. The fourth-order valence-corrected chi connectivity index (χ4v) is 2.65. The van der Waals surface area contributed by atoms with Gasteiger partial charge in [0.05, 0.1) is 13.0 Å². The number of amides is 1. The molecule has 1 rings (SSSR count). The van der Waals surface area contributed by atoms with Gasteiger partial charge in [-0.15, -0.1) is 0 Å². The summed E-state index contributed by atoms with van der Waals surface area (Å²) in [6, 6.07) is 0. The van der Waals surface area contributed by atoms with Gasteiger partial charge in [0.25, 0.3) is 0 Å². The number of nitrogens with zero attached hydrogens (tertiary/aromatic N) is 1. The van der Waals surface area contributed by atoms with Crippen LogP contribution in [0.4, 0.5) is 13.2 Å². The highest BCUT2D eigenvalue weighted by atomic mass is 19.4. The first-order valence-corrected chi connectivity index (χ1v) is 7.14. The van der Waals surface area contributed by atoms with Crippen LogP contribution in [-0.2, 0) is 14.3 Å². The van der Waals surface area contributed by atoms with Crippen molar-refractivity contribution < 1.29 is 27.5 Å². The highest BCUT2D eigenvalue weighted by Gasteiger charge is 2.42. The molecule has 0 N–H and O–H groups in total. The quantitative estimate of drug-likeness (QED) is 0.734. The Morgan fingerprint density at radius 1 is 1.19 bits per heavy atom. The molecule has 0 aliphatic heterocycles. The van der Waals surface area contributed by atoms with Gasteiger partial charge < -0.3 is 9.64 Å². The van der Waals surface area contributed by atoms with Gasteiger partial charge >= 0.3 is 12.1 Å². The largest absolute Gasteiger partial charge is 0.469 e. The van der Waals surface area contributed by atoms with E-state index in [0.29, 0.717) is 13.0 Å². The third-order valence-electron chi connectivity index (χ3n) is 4.02. The van der Waals surface area contributed by atoms with Crippen molar-refractivity contribution in [2.45, 2.75) is 44.7 Å². The van der Waals surface area contributed by atoms with E-state index < -0.39 is 12.1 Å². The van der Waals surface area contributed by atoms with Gasteiger partial charge in [-0.3, -0.25) is 9.59 Å². The van der Waals surface area contributed by atoms with E-state index in [1.165, 1.54) is 12.0 Å². The van der Waals surface area contributed by atoms with E-state index >= 15 is 0 Å². The lowest BCUT2D eigenvalue weighted by molar-refractivity contribution is -0.185. The number of methoxy groups -OCH3 is 1. The van der Waals surface area contributed by atoms with Crippen molar-refractivity contribution >= 4 is 11.9 Å². The molecule has 4 nitrogen and oxygen atoms in total. The van der Waals surface area contributed by atoms with Crippen LogP contribution in [0.3, 0.4) is 0 Å². The van der Waals surface area contributed by atoms with Gasteiger partial charge in [0.1, 0.15) is 0 Å². The fraction of sp³-hybridized carbons (Fsp3) is 0.857. The van der Waals surface area contributed by atoms with Crippen LogP contribution in [0.5, 0.6) is 0 Å². The number of carbonyl (C=O) groups is 2. The predicted molar refractivity (Wildman–Crippen MR) is 70.4 cm³/mol. The molecule has 1 aliphatic rings. The summed E-state index contributed by atoms with van der Waals surface area (Å²) < 4.78 is 42.2. The Labute approximate surface area is 122 Å². The summed E-state index contributed by atoms with van der Waals surface area (Å²) in [5, 5.41) is 0. The molecule has 7 heteroatoms. The van der Waals surface area contributed by atoms with E-state index in [9.17, 15) is 22.8 Å². The van der Waals surface area contributed by atoms with E-state index in [4.69, 9.17) is 0 Å². The summed E-state index contributed by atoms with van der Waals surface area (Å²) in [7, 11) is 2.92. The van der Waals surface area contributed by atoms with Crippen LogP contribution in [0.15, 0.2) is 0 Å². The second kappa shape index (κ2) is 7.66. The number of hydrogen-bond acceptors (Lipinski definition) is 3. The van der Waals surface area contributed by atoms with Crippen molar-refractivity contribution in [3.05, 3.63) is 0 Å². The molecule has 0 aromatic rings. The number of esters is 1. The molecule has 1 saturated carbocycles. The van der Waals surface area contributed by atoms with Gasteiger partial charge in [-0.2, -0.15) is 13.2 Å². The molecule has 0 spiro atoms. The smallest absolute Gasteiger partial charge is 0.391 e. The van der Waals surface area contributed by atoms with Crippen LogP contribution in [0.1, 0.15) is 38.5 Å². The molecule has 0 heterocycles. The zero-order valence-electron chi connectivity index (χ0n) is 12.4. The van der Waals surface area contributed by atoms with Crippen molar-refractivity contribution in [3.63, 3.8) is 0 Å². The number of alkyl halides is 3. The Morgan fingerprint density at radius 3 is 2.24 bits per heavy atom. The molecule has 0 radical (unpaired) electrons. The van der Waals surface area contributed by atoms with Crippen LogP contribution >= 0.6 is 0 Å². The molecular weight excluding hydrogens is 287 g/mol. The maximum atomic E-state index is 12.6. The molecule has 0 unspecified atom stereocenters. The zero-order chi connectivity index (χ0) is 16.0. The first-order chi connectivity index (χ1) is 9.75. The molecular formula is C14H22F3NO3. The zero-order valence-corrected chi connectivity index (χ0v) is 12.4. The highest BCUT2D eigenvalue weighted by molar-refractivity contribution is 5.78. The predicted octanol–water partition coefficient (Wildman–Crippen LogP) is 2.77. The monoisotopic (exact) mass is 309 g/mol. The number of halogens is 3. The summed E-state index contributed by atoms with van der Waals surface area (Å²) in [5.74, 6) is -2.06. The van der Waals surface area contributed by atoms with Gasteiger partial charge in [0, 0.05) is 25.9 Å². The van der Waals surface area contributed by atoms with Gasteiger partial charge in [0.2, 0.25) is 5.91 Å². The topological polar surface area (TPSA) is 46.6 Å². The standard InChI is InChI=1S/C14H22F3NO3/c1-18(9-3-4-12(19)21-2)13(20)10-5-7-11(8-6-10)14(15,16)17/h10-11H,3-9H2,1-2H3. The first kappa shape index (κ1) is 17.8. The second-order valence-electron chi connectivity index (χ2n) is 5.53. The molecule has 0 atom stereocenters. The molecule has 1 fully saturated rings. The Morgan fingerprint density at radius 2 is 1.76 bits per heavy atom. The maximum Gasteiger partial charge on any atom is 0.391 e. The average Bonchev–Trinajstić information content (AvgIpc) is 2.45. The Bertz CT molecular complexity index is 363. The molecule has 0 aromatic heterocycles. The van der Waals surface area contributed by atoms with E-state index in [1.54, 1.807) is 7.05 Å². The number of carbonyl (C=O) groups excluding carboxylic acids is 2. The van der Waals surface area contributed by atoms with Crippen LogP contribution in [-0.4, -0.2) is 43.7 Å². The van der Waals surface area contributed by atoms with Crippen molar-refractivity contribution in [1.29, 1.82) is 0 Å². The lowest BCUT2D eigenvalue weighted by atomic mass is 9.81. The summed E-state index contributed by atoms with van der Waals surface area (Å²) in [6.07, 6.45) is -2.82. The summed E-state index contributed by atoms with van der Waals surface area (Å²) in [5.41, 5.74) is 0. The van der Waals surface area contributed by atoms with E-state index in [-0.39, 0.29) is 49.9 Å². The summed E-state index contributed by atoms with van der Waals surface area (Å²) in [6.45, 7) is 0.410. The van der Waals surface area contributed by atoms with E-state index in [2.05, 4.69) is 4.74 Å². The van der Waals surface area contributed by atoms with Crippen molar-refractivity contribution in [1.82, 2.24) is 4.90 Å². The minimum Gasteiger partial charge on any atom is -0.469 e. The lowest BCUT2D eigenvalue weighted by Gasteiger charge is -2.31. The third-order valence-corrected chi connectivity index (χ3v) is 4.02. The number of ether oxygens (including phenoxy) is 1. The molecule has 1 aliphatic carbocycles. The Hall–Kier alpha value is -1.27. The summed E-state index contributed by atoms with van der Waals surface area (Å²) >= 11 is 0. The first-order valence-electron chi connectivity index (χ1n) is 7.14. The van der Waals surface area contributed by atoms with Crippen molar-refractivity contribution in [2.75, 3.05) is 20.7 Å². The Kier molecular flexibility index (Phi) is 6.48. The van der Waals surface area contributed by atoms with Crippen molar-refractivity contribution in [3.8, 4) is 0 Å². The number of rotatable bonds is 5. The maximum absolute atomic E-state index is 12.6. The van der Waals surface area contributed by atoms with Crippen LogP contribution < -0.4 is 0 Å². The SMILES string of the molecule is COC(=O)CCCN(C)C(=O)C1CCC(C(F)(F)F)CC1. The second-order valence-corrected chi connectivity index (χ2v) is 5.53. The lowest BCUT2D eigenvalue weighted by Crippen LogP contribution is -2.37. The Balaban J connectivity index is 2.34. The van der Waals surface area contributed by atoms with E-state index in [1.807, 2.05) is 0 Å². The molecule has 122 valence electrons. The third kappa shape index (κ3) is 5.55. The molecule has 21 heavy (non-hydrogen) atoms. The van der Waals surface area contributed by atoms with Gasteiger partial charge in [0.15, 0.2) is 0 Å². The molecule has 1 amide bonds. The minimum absolute atomic E-state index is 0.0237. The van der Waals surface area contributed by atoms with Crippen LogP contribution in [0.25, 0.3) is 0 Å². The van der Waals surface area contributed by atoms with E-state index in [0.717, 1.165) is 0 Å². The average molecular weight is 309 g/mol. The molecule has 0 saturated heterocycles. The van der Waals surface area contributed by atoms with Gasteiger partial charge in [-0.05, 0) is 32.1 Å². The van der Waals surface area contributed by atoms with Crippen LogP contribution in [0.2, 0.25) is 0 Å². The normalized spacial score (nSPS) is 22.7. The number of hydrogen-bond donors (Lipinski definition) is 0. The fourth-order valence-electron chi connectivity index (χ4n) is 2.65. The van der Waals surface area contributed by atoms with Crippen LogP contribution in [0, 0.1) is 11.8 Å². The highest BCUT2D eigenvalue weighted by Crippen LogP contribution is 2.39. The van der Waals surface area contributed by atoms with Gasteiger partial charge in [-0.25, -0.2) is 0 Å². The van der Waals surface area contributed by atoms with Crippen molar-refractivity contribution in [2.24, 2.45) is 11.8 Å². The van der Waals surface area contributed by atoms with Gasteiger partial charge in [-0.1, -0.05) is 0 Å². The molecule has 0 aromatic carbocycles. The minimum atomic E-state index is -4.15. The summed E-state index contributed by atoms with van der Waals surface area (Å²) in [4.78, 5) is 24.6.